The van der Waals surface area contributed by atoms with E-state index in [0.717, 1.165) is 23.5 Å². The molecule has 1 aromatic carbocycles. The Morgan fingerprint density at radius 1 is 1.38 bits per heavy atom. The molecule has 0 fully saturated rings. The minimum atomic E-state index is 0.0979. The number of ketones is 1. The predicted molar refractivity (Wildman–Crippen MR) is 58.8 cm³/mol. The first-order valence-electron chi connectivity index (χ1n) is 4.20. The third-order valence-corrected chi connectivity index (χ3v) is 1.96. The summed E-state index contributed by atoms with van der Waals surface area (Å²) in [5, 5.41) is 3.17. The Hall–Kier alpha value is -0.960. The van der Waals surface area contributed by atoms with Crippen molar-refractivity contribution in [1.29, 1.82) is 0 Å². The fourth-order valence-electron chi connectivity index (χ4n) is 1.02. The molecule has 0 radical (unpaired) electrons. The van der Waals surface area contributed by atoms with Crippen molar-refractivity contribution < 1.29 is 4.79 Å². The summed E-state index contributed by atoms with van der Waals surface area (Å²) < 4.78 is 0. The molecule has 0 bridgehead atoms. The lowest BCUT2D eigenvalue weighted by molar-refractivity contribution is 0.101. The maximum absolute atomic E-state index is 10.9. The van der Waals surface area contributed by atoms with Crippen LogP contribution in [0.4, 0.5) is 5.69 Å². The average Bonchev–Trinajstić information content (AvgIpc) is 2.15. The molecule has 0 amide bonds. The lowest BCUT2D eigenvalue weighted by Crippen LogP contribution is -2.02. The summed E-state index contributed by atoms with van der Waals surface area (Å²) in [5.74, 6) is 0.898. The van der Waals surface area contributed by atoms with Gasteiger partial charge in [0.15, 0.2) is 5.78 Å². The van der Waals surface area contributed by atoms with Gasteiger partial charge in [0.2, 0.25) is 0 Å². The summed E-state index contributed by atoms with van der Waals surface area (Å²) in [5.41, 5.74) is 1.77. The molecule has 0 saturated carbocycles. The first-order chi connectivity index (χ1) is 6.24. The van der Waals surface area contributed by atoms with E-state index in [1.165, 1.54) is 0 Å². The first-order valence-corrected chi connectivity index (χ1v) is 4.83. The molecule has 0 spiro atoms. The zero-order chi connectivity index (χ0) is 9.68. The molecule has 0 atom stereocenters. The van der Waals surface area contributed by atoms with E-state index in [0.29, 0.717) is 0 Å². The quantitative estimate of drug-likeness (QED) is 0.570. The highest BCUT2D eigenvalue weighted by Gasteiger charge is 1.97. The Kier molecular flexibility index (Phi) is 3.83. The van der Waals surface area contributed by atoms with E-state index in [1.54, 1.807) is 6.92 Å². The van der Waals surface area contributed by atoms with Crippen LogP contribution in [0.2, 0.25) is 0 Å². The Balaban J connectivity index is 2.64. The molecule has 0 aromatic heterocycles. The summed E-state index contributed by atoms with van der Waals surface area (Å²) in [7, 11) is 0. The maximum Gasteiger partial charge on any atom is 0.159 e. The van der Waals surface area contributed by atoms with Crippen LogP contribution in [0.3, 0.4) is 0 Å². The van der Waals surface area contributed by atoms with Crippen molar-refractivity contribution in [3.8, 4) is 0 Å². The Labute approximate surface area is 83.8 Å². The van der Waals surface area contributed by atoms with E-state index in [2.05, 4.69) is 17.9 Å². The van der Waals surface area contributed by atoms with Crippen LogP contribution in [0.15, 0.2) is 24.3 Å². The maximum atomic E-state index is 10.9. The molecule has 1 rings (SSSR count). The van der Waals surface area contributed by atoms with Gasteiger partial charge in [0.05, 0.1) is 0 Å². The van der Waals surface area contributed by atoms with E-state index in [1.807, 2.05) is 24.3 Å². The third kappa shape index (κ3) is 3.11. The van der Waals surface area contributed by atoms with Gasteiger partial charge in [-0.25, -0.2) is 0 Å². The minimum Gasteiger partial charge on any atom is -0.384 e. The molecule has 0 aliphatic carbocycles. The van der Waals surface area contributed by atoms with Gasteiger partial charge in [-0.2, -0.15) is 12.6 Å². The van der Waals surface area contributed by atoms with Gasteiger partial charge in [-0.15, -0.1) is 0 Å². The molecule has 13 heavy (non-hydrogen) atoms. The summed E-state index contributed by atoms with van der Waals surface area (Å²) in [4.78, 5) is 10.9. The normalized spacial score (nSPS) is 9.69. The van der Waals surface area contributed by atoms with Crippen LogP contribution in [0.5, 0.6) is 0 Å². The van der Waals surface area contributed by atoms with Crippen molar-refractivity contribution >= 4 is 24.1 Å². The number of rotatable bonds is 4. The lowest BCUT2D eigenvalue weighted by atomic mass is 10.1. The average molecular weight is 195 g/mol. The van der Waals surface area contributed by atoms with Crippen LogP contribution in [0.25, 0.3) is 0 Å². The van der Waals surface area contributed by atoms with Crippen LogP contribution in [-0.2, 0) is 0 Å². The van der Waals surface area contributed by atoms with Gasteiger partial charge in [0.25, 0.3) is 0 Å². The number of nitrogens with one attached hydrogen (secondary N) is 1. The number of hydrogen-bond donors (Lipinski definition) is 2. The molecule has 3 heteroatoms. The van der Waals surface area contributed by atoms with Gasteiger partial charge >= 0.3 is 0 Å². The number of anilines is 1. The number of hydrogen-bond acceptors (Lipinski definition) is 3. The van der Waals surface area contributed by atoms with Crippen LogP contribution in [-0.4, -0.2) is 18.1 Å². The van der Waals surface area contributed by atoms with Gasteiger partial charge in [0, 0.05) is 23.5 Å². The number of benzene rings is 1. The van der Waals surface area contributed by atoms with Crippen molar-refractivity contribution in [3.63, 3.8) is 0 Å². The number of Topliss-reactive ketones (excluding diaryl/α,β-unsaturated/α-hetero) is 1. The fourth-order valence-corrected chi connectivity index (χ4v) is 1.13. The SMILES string of the molecule is CC(=O)c1ccc(NCCS)cc1. The van der Waals surface area contributed by atoms with E-state index < -0.39 is 0 Å². The third-order valence-electron chi connectivity index (χ3n) is 1.73. The van der Waals surface area contributed by atoms with E-state index in [9.17, 15) is 4.79 Å². The summed E-state index contributed by atoms with van der Waals surface area (Å²) in [6.07, 6.45) is 0. The highest BCUT2D eigenvalue weighted by Crippen LogP contribution is 2.09. The standard InChI is InChI=1S/C10H13NOS/c1-8(12)9-2-4-10(5-3-9)11-6-7-13/h2-5,11,13H,6-7H2,1H3. The van der Waals surface area contributed by atoms with Crippen LogP contribution in [0.1, 0.15) is 17.3 Å². The molecule has 1 N–H and O–H groups in total. The van der Waals surface area contributed by atoms with E-state index in [4.69, 9.17) is 0 Å². The fraction of sp³-hybridized carbons (Fsp3) is 0.300. The number of thiol groups is 1. The highest BCUT2D eigenvalue weighted by molar-refractivity contribution is 7.80. The van der Waals surface area contributed by atoms with Crippen molar-refractivity contribution in [2.45, 2.75) is 6.92 Å². The first kappa shape index (κ1) is 10.1. The van der Waals surface area contributed by atoms with Gasteiger partial charge < -0.3 is 5.32 Å². The molecule has 70 valence electrons. The Bertz CT molecular complexity index is 281. The minimum absolute atomic E-state index is 0.0979. The second-order valence-electron chi connectivity index (χ2n) is 2.78. The van der Waals surface area contributed by atoms with Gasteiger partial charge in [0.1, 0.15) is 0 Å². The van der Waals surface area contributed by atoms with Gasteiger partial charge in [-0.1, -0.05) is 0 Å². The molecule has 1 aromatic rings. The second-order valence-corrected chi connectivity index (χ2v) is 3.23. The van der Waals surface area contributed by atoms with Crippen molar-refractivity contribution in [3.05, 3.63) is 29.8 Å². The Morgan fingerprint density at radius 3 is 2.46 bits per heavy atom. The molecule has 0 aliphatic rings. The molecule has 0 saturated heterocycles. The molecular weight excluding hydrogens is 182 g/mol. The highest BCUT2D eigenvalue weighted by atomic mass is 32.1. The van der Waals surface area contributed by atoms with Crippen LogP contribution >= 0.6 is 12.6 Å². The molecule has 0 aliphatic heterocycles. The topological polar surface area (TPSA) is 29.1 Å². The second kappa shape index (κ2) is 4.92. The Morgan fingerprint density at radius 2 is 2.00 bits per heavy atom. The smallest absolute Gasteiger partial charge is 0.159 e. The van der Waals surface area contributed by atoms with Crippen molar-refractivity contribution in [2.24, 2.45) is 0 Å². The van der Waals surface area contributed by atoms with Crippen molar-refractivity contribution in [1.82, 2.24) is 0 Å². The largest absolute Gasteiger partial charge is 0.384 e. The number of carbonyl (C=O) groups is 1. The molecule has 2 nitrogen and oxygen atoms in total. The zero-order valence-corrected chi connectivity index (χ0v) is 8.47. The van der Waals surface area contributed by atoms with Crippen LogP contribution in [0, 0.1) is 0 Å². The molecule has 0 unspecified atom stereocenters. The summed E-state index contributed by atoms with van der Waals surface area (Å²) in [6.45, 7) is 2.40. The predicted octanol–water partition coefficient (Wildman–Crippen LogP) is 2.23. The summed E-state index contributed by atoms with van der Waals surface area (Å²) in [6, 6.07) is 7.45. The monoisotopic (exact) mass is 195 g/mol. The van der Waals surface area contributed by atoms with E-state index in [-0.39, 0.29) is 5.78 Å². The zero-order valence-electron chi connectivity index (χ0n) is 7.58. The lowest BCUT2D eigenvalue weighted by Gasteiger charge is -2.04. The van der Waals surface area contributed by atoms with Crippen LogP contribution < -0.4 is 5.32 Å². The van der Waals surface area contributed by atoms with Crippen molar-refractivity contribution in [2.75, 3.05) is 17.6 Å². The molecular formula is C10H13NOS. The van der Waals surface area contributed by atoms with Gasteiger partial charge in [-0.3, -0.25) is 4.79 Å². The summed E-state index contributed by atoms with van der Waals surface area (Å²) >= 11 is 4.09. The molecule has 0 heterocycles. The van der Waals surface area contributed by atoms with Gasteiger partial charge in [-0.05, 0) is 31.2 Å². The number of carbonyl (C=O) groups excluding carboxylic acids is 1. The van der Waals surface area contributed by atoms with E-state index >= 15 is 0 Å².